The number of anilines is 1. The second-order valence-corrected chi connectivity index (χ2v) is 7.82. The van der Waals surface area contributed by atoms with Crippen LogP contribution >= 0.6 is 11.8 Å². The minimum atomic E-state index is 0.370. The molecule has 2 nitrogen and oxygen atoms in total. The zero-order chi connectivity index (χ0) is 17.4. The molecule has 0 spiro atoms. The SMILES string of the molecule is Cc1ccc(C2SC=C(Cc3cc(C)c(N)cc3C)N2C)cc1C. The lowest BCUT2D eigenvalue weighted by atomic mass is 9.99. The molecule has 0 saturated heterocycles. The van der Waals surface area contributed by atoms with Crippen molar-refractivity contribution in [3.05, 3.63) is 74.8 Å². The molecule has 24 heavy (non-hydrogen) atoms. The van der Waals surface area contributed by atoms with E-state index in [2.05, 4.69) is 75.4 Å². The number of nitrogens with zero attached hydrogens (tertiary/aromatic N) is 1. The van der Waals surface area contributed by atoms with Crippen molar-refractivity contribution in [3.8, 4) is 0 Å². The van der Waals surface area contributed by atoms with E-state index < -0.39 is 0 Å². The van der Waals surface area contributed by atoms with Crippen molar-refractivity contribution in [3.63, 3.8) is 0 Å². The second-order valence-electron chi connectivity index (χ2n) is 6.86. The maximum absolute atomic E-state index is 6.02. The summed E-state index contributed by atoms with van der Waals surface area (Å²) >= 11 is 1.90. The summed E-state index contributed by atoms with van der Waals surface area (Å²) in [7, 11) is 2.20. The van der Waals surface area contributed by atoms with Gasteiger partial charge in [0.15, 0.2) is 0 Å². The van der Waals surface area contributed by atoms with Crippen LogP contribution in [0.5, 0.6) is 0 Å². The first-order valence-corrected chi connectivity index (χ1v) is 9.31. The third-order valence-electron chi connectivity index (χ3n) is 5.05. The molecule has 2 aromatic carbocycles. The highest BCUT2D eigenvalue weighted by molar-refractivity contribution is 8.02. The number of nitrogen functional groups attached to an aromatic ring is 1. The Morgan fingerprint density at radius 1 is 0.958 bits per heavy atom. The number of rotatable bonds is 3. The average Bonchev–Trinajstić information content (AvgIpc) is 2.89. The van der Waals surface area contributed by atoms with Gasteiger partial charge in [-0.15, -0.1) is 11.8 Å². The molecule has 0 fully saturated rings. The topological polar surface area (TPSA) is 29.3 Å². The second kappa shape index (κ2) is 6.56. The van der Waals surface area contributed by atoms with Crippen molar-refractivity contribution in [2.24, 2.45) is 0 Å². The van der Waals surface area contributed by atoms with Crippen LogP contribution < -0.4 is 5.73 Å². The van der Waals surface area contributed by atoms with Gasteiger partial charge in [-0.1, -0.05) is 24.3 Å². The van der Waals surface area contributed by atoms with Gasteiger partial charge in [0.05, 0.1) is 0 Å². The molecule has 0 saturated carbocycles. The van der Waals surface area contributed by atoms with Gasteiger partial charge in [0.1, 0.15) is 5.37 Å². The minimum absolute atomic E-state index is 0.370. The largest absolute Gasteiger partial charge is 0.399 e. The highest BCUT2D eigenvalue weighted by atomic mass is 32.2. The van der Waals surface area contributed by atoms with Crippen molar-refractivity contribution in [1.29, 1.82) is 0 Å². The molecular formula is C21H26N2S. The summed E-state index contributed by atoms with van der Waals surface area (Å²) in [6, 6.07) is 11.1. The molecule has 2 N–H and O–H groups in total. The lowest BCUT2D eigenvalue weighted by molar-refractivity contribution is 0.402. The quantitative estimate of drug-likeness (QED) is 0.774. The fourth-order valence-corrected chi connectivity index (χ4v) is 4.30. The minimum Gasteiger partial charge on any atom is -0.399 e. The lowest BCUT2D eigenvalue weighted by Crippen LogP contribution is -2.19. The Morgan fingerprint density at radius 3 is 2.42 bits per heavy atom. The molecule has 1 unspecified atom stereocenters. The number of thioether (sulfide) groups is 1. The lowest BCUT2D eigenvalue weighted by Gasteiger charge is -2.26. The van der Waals surface area contributed by atoms with Crippen LogP contribution in [-0.4, -0.2) is 11.9 Å². The Morgan fingerprint density at radius 2 is 1.71 bits per heavy atom. The van der Waals surface area contributed by atoms with Crippen LogP contribution in [0.25, 0.3) is 0 Å². The van der Waals surface area contributed by atoms with Crippen molar-refractivity contribution >= 4 is 17.4 Å². The molecule has 1 aliphatic rings. The smallest absolute Gasteiger partial charge is 0.104 e. The van der Waals surface area contributed by atoms with E-state index in [1.807, 2.05) is 11.8 Å². The Kier molecular flexibility index (Phi) is 4.64. The maximum atomic E-state index is 6.02. The zero-order valence-electron chi connectivity index (χ0n) is 15.2. The predicted molar refractivity (Wildman–Crippen MR) is 106 cm³/mol. The van der Waals surface area contributed by atoms with E-state index in [1.54, 1.807) is 0 Å². The molecule has 1 aliphatic heterocycles. The van der Waals surface area contributed by atoms with E-state index >= 15 is 0 Å². The van der Waals surface area contributed by atoms with Crippen LogP contribution in [0.15, 0.2) is 41.4 Å². The van der Waals surface area contributed by atoms with Gasteiger partial charge in [-0.25, -0.2) is 0 Å². The monoisotopic (exact) mass is 338 g/mol. The van der Waals surface area contributed by atoms with Crippen LogP contribution in [0.2, 0.25) is 0 Å². The van der Waals surface area contributed by atoms with Gasteiger partial charge in [-0.2, -0.15) is 0 Å². The Hall–Kier alpha value is -1.87. The third kappa shape index (κ3) is 3.18. The molecule has 3 rings (SSSR count). The van der Waals surface area contributed by atoms with Gasteiger partial charge >= 0.3 is 0 Å². The number of benzene rings is 2. The maximum Gasteiger partial charge on any atom is 0.104 e. The molecule has 0 radical (unpaired) electrons. The molecule has 1 heterocycles. The highest BCUT2D eigenvalue weighted by Gasteiger charge is 2.25. The van der Waals surface area contributed by atoms with Crippen LogP contribution in [0.3, 0.4) is 0 Å². The molecule has 126 valence electrons. The van der Waals surface area contributed by atoms with Gasteiger partial charge in [0.25, 0.3) is 0 Å². The van der Waals surface area contributed by atoms with Crippen LogP contribution in [0.4, 0.5) is 5.69 Å². The van der Waals surface area contributed by atoms with Gasteiger partial charge in [0, 0.05) is 24.9 Å². The molecule has 0 aromatic heterocycles. The Bertz CT molecular complexity index is 808. The summed E-state index contributed by atoms with van der Waals surface area (Å²) in [4.78, 5) is 2.40. The number of aryl methyl sites for hydroxylation is 4. The summed E-state index contributed by atoms with van der Waals surface area (Å²) in [6.07, 6.45) is 0.956. The van der Waals surface area contributed by atoms with E-state index in [9.17, 15) is 0 Å². The van der Waals surface area contributed by atoms with Gasteiger partial charge in [0.2, 0.25) is 0 Å². The van der Waals surface area contributed by atoms with Crippen molar-refractivity contribution in [2.75, 3.05) is 12.8 Å². The molecule has 1 atom stereocenters. The first kappa shape index (κ1) is 17.0. The third-order valence-corrected chi connectivity index (χ3v) is 6.30. The molecular weight excluding hydrogens is 312 g/mol. The Balaban J connectivity index is 1.80. The van der Waals surface area contributed by atoms with E-state index in [0.717, 1.165) is 17.7 Å². The first-order chi connectivity index (χ1) is 11.4. The van der Waals surface area contributed by atoms with Crippen LogP contribution in [-0.2, 0) is 6.42 Å². The summed E-state index contributed by atoms with van der Waals surface area (Å²) in [5, 5.41) is 2.68. The number of nitrogens with two attached hydrogens (primary N) is 1. The standard InChI is InChI=1S/C21H26N2S/c1-13-6-7-17(8-14(13)2)21-23(5)19(12-24-21)11-18-9-16(4)20(22)10-15(18)3/h6-10,12,21H,11,22H2,1-5H3. The summed E-state index contributed by atoms with van der Waals surface area (Å²) < 4.78 is 0. The van der Waals surface area contributed by atoms with Gasteiger partial charge in [-0.05, 0) is 72.6 Å². The normalized spacial score (nSPS) is 17.3. The first-order valence-electron chi connectivity index (χ1n) is 8.37. The Labute approximate surface area is 149 Å². The van der Waals surface area contributed by atoms with Crippen LogP contribution in [0.1, 0.15) is 38.8 Å². The van der Waals surface area contributed by atoms with Crippen LogP contribution in [0, 0.1) is 27.7 Å². The molecule has 3 heteroatoms. The molecule has 2 aromatic rings. The molecule has 0 amide bonds. The van der Waals surface area contributed by atoms with E-state index in [4.69, 9.17) is 5.73 Å². The molecule has 0 bridgehead atoms. The summed E-state index contributed by atoms with van der Waals surface area (Å²) in [5.41, 5.74) is 16.2. The van der Waals surface area contributed by atoms with E-state index in [1.165, 1.54) is 33.5 Å². The van der Waals surface area contributed by atoms with Crippen molar-refractivity contribution in [1.82, 2.24) is 4.90 Å². The summed E-state index contributed by atoms with van der Waals surface area (Å²) in [5.74, 6) is 0. The number of likely N-dealkylation sites (N-methyl/N-ethyl adjacent to an activating group) is 1. The van der Waals surface area contributed by atoms with Crippen molar-refractivity contribution < 1.29 is 0 Å². The number of hydrogen-bond acceptors (Lipinski definition) is 3. The van der Waals surface area contributed by atoms with Gasteiger partial charge in [-0.3, -0.25) is 0 Å². The number of allylic oxidation sites excluding steroid dienone is 1. The fourth-order valence-electron chi connectivity index (χ4n) is 3.14. The summed E-state index contributed by atoms with van der Waals surface area (Å²) in [6.45, 7) is 8.58. The predicted octanol–water partition coefficient (Wildman–Crippen LogP) is 5.26. The van der Waals surface area contributed by atoms with E-state index in [-0.39, 0.29) is 0 Å². The fraction of sp³-hybridized carbons (Fsp3) is 0.333. The van der Waals surface area contributed by atoms with Gasteiger partial charge < -0.3 is 10.6 Å². The number of hydrogen-bond donors (Lipinski definition) is 1. The zero-order valence-corrected chi connectivity index (χ0v) is 16.0. The molecule has 0 aliphatic carbocycles. The highest BCUT2D eigenvalue weighted by Crippen LogP contribution is 2.42. The van der Waals surface area contributed by atoms with Crippen molar-refractivity contribution in [2.45, 2.75) is 39.5 Å². The van der Waals surface area contributed by atoms with E-state index in [0.29, 0.717) is 5.37 Å². The average molecular weight is 339 g/mol.